The molecular weight excluding hydrogens is 221 g/mol. The molecule has 1 saturated heterocycles. The molecule has 2 aliphatic heterocycles. The summed E-state index contributed by atoms with van der Waals surface area (Å²) in [5.74, 6) is -0.325. The lowest BCUT2D eigenvalue weighted by molar-refractivity contribution is -0.120. The Balaban J connectivity index is 1.98. The van der Waals surface area contributed by atoms with E-state index in [1.165, 1.54) is 12.1 Å². The lowest BCUT2D eigenvalue weighted by Gasteiger charge is -2.29. The van der Waals surface area contributed by atoms with Crippen molar-refractivity contribution in [2.75, 3.05) is 23.7 Å². The van der Waals surface area contributed by atoms with Crippen LogP contribution in [-0.2, 0) is 4.79 Å². The minimum atomic E-state index is -0.298. The molecule has 0 aromatic heterocycles. The summed E-state index contributed by atoms with van der Waals surface area (Å²) >= 11 is 0. The van der Waals surface area contributed by atoms with Gasteiger partial charge in [-0.3, -0.25) is 4.79 Å². The van der Waals surface area contributed by atoms with Crippen molar-refractivity contribution in [1.82, 2.24) is 5.32 Å². The first kappa shape index (κ1) is 10.5. The summed E-state index contributed by atoms with van der Waals surface area (Å²) in [4.78, 5) is 12.0. The van der Waals surface area contributed by atoms with Crippen LogP contribution in [0.15, 0.2) is 18.2 Å². The fraction of sp³-hybridized carbons (Fsp3) is 0.417. The van der Waals surface area contributed by atoms with E-state index in [0.29, 0.717) is 11.4 Å². The summed E-state index contributed by atoms with van der Waals surface area (Å²) in [6.07, 6.45) is 0.806. The van der Waals surface area contributed by atoms with Crippen LogP contribution in [0.5, 0.6) is 0 Å². The number of hydrogen-bond donors (Lipinski definition) is 3. The van der Waals surface area contributed by atoms with Crippen molar-refractivity contribution >= 4 is 17.3 Å². The van der Waals surface area contributed by atoms with Gasteiger partial charge in [-0.15, -0.1) is 0 Å². The molecule has 2 heterocycles. The van der Waals surface area contributed by atoms with Gasteiger partial charge in [0.05, 0.1) is 23.3 Å². The fourth-order valence-corrected chi connectivity index (χ4v) is 2.49. The topological polar surface area (TPSA) is 53.2 Å². The molecule has 0 spiro atoms. The van der Waals surface area contributed by atoms with Crippen LogP contribution >= 0.6 is 0 Å². The molecule has 0 saturated carbocycles. The maximum Gasteiger partial charge on any atom is 0.229 e. The van der Waals surface area contributed by atoms with Crippen molar-refractivity contribution in [1.29, 1.82) is 0 Å². The van der Waals surface area contributed by atoms with Crippen LogP contribution in [0.2, 0.25) is 0 Å². The first-order valence-electron chi connectivity index (χ1n) is 5.82. The molecule has 2 atom stereocenters. The molecule has 4 nitrogen and oxygen atoms in total. The van der Waals surface area contributed by atoms with Crippen molar-refractivity contribution < 1.29 is 9.18 Å². The van der Waals surface area contributed by atoms with E-state index < -0.39 is 0 Å². The van der Waals surface area contributed by atoms with E-state index >= 15 is 0 Å². The van der Waals surface area contributed by atoms with Gasteiger partial charge in [0.2, 0.25) is 5.91 Å². The van der Waals surface area contributed by atoms with Crippen molar-refractivity contribution in [3.8, 4) is 0 Å². The quantitative estimate of drug-likeness (QED) is 0.632. The summed E-state index contributed by atoms with van der Waals surface area (Å²) in [5, 5.41) is 9.34. The average molecular weight is 235 g/mol. The minimum Gasteiger partial charge on any atom is -0.378 e. The van der Waals surface area contributed by atoms with E-state index in [0.717, 1.165) is 19.5 Å². The number of carbonyl (C=O) groups is 1. The molecule has 3 rings (SSSR count). The van der Waals surface area contributed by atoms with Gasteiger partial charge in [0.15, 0.2) is 0 Å². The average Bonchev–Trinajstić information content (AvgIpc) is 2.46. The Kier molecular flexibility index (Phi) is 2.48. The van der Waals surface area contributed by atoms with E-state index in [2.05, 4.69) is 16.0 Å². The number of benzene rings is 1. The summed E-state index contributed by atoms with van der Waals surface area (Å²) in [6, 6.07) is 4.41. The van der Waals surface area contributed by atoms with Crippen molar-refractivity contribution in [2.45, 2.75) is 12.5 Å². The number of fused-ring (bicyclic) bond motifs is 2. The molecule has 0 bridgehead atoms. The van der Waals surface area contributed by atoms with Gasteiger partial charge < -0.3 is 16.0 Å². The molecule has 3 N–H and O–H groups in total. The number of amides is 1. The van der Waals surface area contributed by atoms with E-state index in [-0.39, 0.29) is 23.7 Å². The van der Waals surface area contributed by atoms with E-state index in [1.807, 2.05) is 0 Å². The Morgan fingerprint density at radius 2 is 2.18 bits per heavy atom. The van der Waals surface area contributed by atoms with Crippen LogP contribution in [0.1, 0.15) is 6.42 Å². The summed E-state index contributed by atoms with van der Waals surface area (Å²) in [6.45, 7) is 1.58. The number of anilines is 2. The second kappa shape index (κ2) is 4.00. The van der Waals surface area contributed by atoms with Crippen molar-refractivity contribution in [3.63, 3.8) is 0 Å². The lowest BCUT2D eigenvalue weighted by atomic mass is 9.92. The first-order chi connectivity index (χ1) is 8.24. The zero-order valence-corrected chi connectivity index (χ0v) is 9.29. The number of rotatable bonds is 0. The standard InChI is InChI=1S/C12H14FN3O/c13-7-1-2-9-10(5-7)15-11-6-14-4-3-8(11)12(17)16-9/h1-2,5,8,11,14-15H,3-4,6H2,(H,16,17). The maximum atomic E-state index is 13.2. The van der Waals surface area contributed by atoms with Crippen LogP contribution in [0.25, 0.3) is 0 Å². The normalized spacial score (nSPS) is 27.2. The smallest absolute Gasteiger partial charge is 0.229 e. The van der Waals surface area contributed by atoms with Gasteiger partial charge in [0.25, 0.3) is 0 Å². The molecule has 17 heavy (non-hydrogen) atoms. The van der Waals surface area contributed by atoms with Gasteiger partial charge in [-0.25, -0.2) is 4.39 Å². The lowest BCUT2D eigenvalue weighted by Crippen LogP contribution is -2.48. The Morgan fingerprint density at radius 3 is 3.06 bits per heavy atom. The van der Waals surface area contributed by atoms with Crippen LogP contribution < -0.4 is 16.0 Å². The molecule has 1 fully saturated rings. The molecular formula is C12H14FN3O. The number of halogens is 1. The maximum absolute atomic E-state index is 13.2. The van der Waals surface area contributed by atoms with Crippen molar-refractivity contribution in [3.05, 3.63) is 24.0 Å². The number of hydrogen-bond acceptors (Lipinski definition) is 3. The monoisotopic (exact) mass is 235 g/mol. The zero-order chi connectivity index (χ0) is 11.8. The van der Waals surface area contributed by atoms with Gasteiger partial charge >= 0.3 is 0 Å². The molecule has 0 aliphatic carbocycles. The van der Waals surface area contributed by atoms with Crippen LogP contribution in [0.4, 0.5) is 15.8 Å². The third-order valence-corrected chi connectivity index (χ3v) is 3.40. The molecule has 2 unspecified atom stereocenters. The fourth-order valence-electron chi connectivity index (χ4n) is 2.49. The highest BCUT2D eigenvalue weighted by atomic mass is 19.1. The largest absolute Gasteiger partial charge is 0.378 e. The highest BCUT2D eigenvalue weighted by Gasteiger charge is 2.33. The number of carbonyl (C=O) groups excluding carboxylic acids is 1. The predicted molar refractivity (Wildman–Crippen MR) is 63.4 cm³/mol. The molecule has 5 heteroatoms. The third-order valence-electron chi connectivity index (χ3n) is 3.40. The van der Waals surface area contributed by atoms with Gasteiger partial charge in [-0.1, -0.05) is 0 Å². The van der Waals surface area contributed by atoms with Crippen LogP contribution in [0, 0.1) is 11.7 Å². The van der Waals surface area contributed by atoms with Crippen LogP contribution in [0.3, 0.4) is 0 Å². The van der Waals surface area contributed by atoms with Gasteiger partial charge in [0, 0.05) is 6.54 Å². The van der Waals surface area contributed by atoms with Crippen LogP contribution in [-0.4, -0.2) is 25.0 Å². The van der Waals surface area contributed by atoms with E-state index in [4.69, 9.17) is 0 Å². The number of piperidine rings is 1. The van der Waals surface area contributed by atoms with Gasteiger partial charge in [-0.2, -0.15) is 0 Å². The molecule has 1 aromatic carbocycles. The molecule has 1 amide bonds. The Morgan fingerprint density at radius 1 is 1.29 bits per heavy atom. The van der Waals surface area contributed by atoms with Gasteiger partial charge in [0.1, 0.15) is 5.82 Å². The highest BCUT2D eigenvalue weighted by Crippen LogP contribution is 2.30. The summed E-state index contributed by atoms with van der Waals surface area (Å²) in [7, 11) is 0. The molecule has 0 radical (unpaired) electrons. The van der Waals surface area contributed by atoms with Crippen molar-refractivity contribution in [2.24, 2.45) is 5.92 Å². The molecule has 1 aromatic rings. The third kappa shape index (κ3) is 1.86. The highest BCUT2D eigenvalue weighted by molar-refractivity contribution is 5.98. The SMILES string of the molecule is O=C1Nc2ccc(F)cc2NC2CNCCC12. The van der Waals surface area contributed by atoms with Gasteiger partial charge in [-0.05, 0) is 31.2 Å². The Labute approximate surface area is 98.6 Å². The second-order valence-electron chi connectivity index (χ2n) is 4.53. The zero-order valence-electron chi connectivity index (χ0n) is 9.29. The van der Waals surface area contributed by atoms with E-state index in [1.54, 1.807) is 6.07 Å². The molecule has 2 aliphatic rings. The van der Waals surface area contributed by atoms with E-state index in [9.17, 15) is 9.18 Å². The summed E-state index contributed by atoms with van der Waals surface area (Å²) in [5.41, 5.74) is 1.32. The first-order valence-corrected chi connectivity index (χ1v) is 5.82. The Hall–Kier alpha value is -1.62. The number of nitrogens with one attached hydrogen (secondary N) is 3. The molecule has 90 valence electrons. The second-order valence-corrected chi connectivity index (χ2v) is 4.53. The minimum absolute atomic E-state index is 0.0226. The Bertz CT molecular complexity index is 463. The predicted octanol–water partition coefficient (Wildman–Crippen LogP) is 1.17. The summed E-state index contributed by atoms with van der Waals surface area (Å²) < 4.78 is 13.2.